The molecule has 1 atom stereocenters. The van der Waals surface area contributed by atoms with Crippen molar-refractivity contribution in [3.05, 3.63) is 0 Å². The Balaban J connectivity index is 2.03. The first-order valence-electron chi connectivity index (χ1n) is 3.04. The summed E-state index contributed by atoms with van der Waals surface area (Å²) >= 11 is 7.05. The fourth-order valence-electron chi connectivity index (χ4n) is 0.798. The predicted octanol–water partition coefficient (Wildman–Crippen LogP) is 2.94. The highest BCUT2D eigenvalue weighted by atomic mass is 79.9. The smallest absolute Gasteiger partial charge is 0.0182 e. The first-order valence-corrected chi connectivity index (χ1v) is 5.08. The number of alkyl halides is 2. The number of hydrogen-bond donors (Lipinski definition) is 0. The summed E-state index contributed by atoms with van der Waals surface area (Å²) in [5, 5.41) is 1.14. The molecule has 0 aromatic carbocycles. The van der Waals surface area contributed by atoms with Crippen molar-refractivity contribution in [2.75, 3.05) is 5.33 Å². The molecule has 48 valence electrons. The molecule has 0 radical (unpaired) electrons. The Morgan fingerprint density at radius 2 is 2.12 bits per heavy atom. The second-order valence-corrected chi connectivity index (χ2v) is 4.30. The minimum Gasteiger partial charge on any atom is -0.0928 e. The molecule has 0 aromatic heterocycles. The van der Waals surface area contributed by atoms with E-state index in [9.17, 15) is 0 Å². The molecular weight excluding hydrogens is 232 g/mol. The Bertz CT molecular complexity index is 68.9. The van der Waals surface area contributed by atoms with E-state index in [4.69, 9.17) is 0 Å². The van der Waals surface area contributed by atoms with E-state index in [1.807, 2.05) is 0 Å². The van der Waals surface area contributed by atoms with Crippen molar-refractivity contribution in [2.24, 2.45) is 5.92 Å². The van der Waals surface area contributed by atoms with E-state index in [1.54, 1.807) is 0 Å². The van der Waals surface area contributed by atoms with Crippen LogP contribution in [0, 0.1) is 5.92 Å². The highest BCUT2D eigenvalue weighted by Gasteiger charge is 2.28. The van der Waals surface area contributed by atoms with Gasteiger partial charge in [-0.25, -0.2) is 0 Å². The van der Waals surface area contributed by atoms with Gasteiger partial charge in [0.2, 0.25) is 0 Å². The van der Waals surface area contributed by atoms with Crippen LogP contribution in [0.2, 0.25) is 0 Å². The molecule has 0 unspecified atom stereocenters. The van der Waals surface area contributed by atoms with E-state index in [-0.39, 0.29) is 0 Å². The quantitative estimate of drug-likeness (QED) is 0.667. The topological polar surface area (TPSA) is 0 Å². The highest BCUT2D eigenvalue weighted by molar-refractivity contribution is 9.10. The molecule has 0 N–H and O–H groups in total. The molecule has 1 aliphatic rings. The average molecular weight is 242 g/mol. The summed E-state index contributed by atoms with van der Waals surface area (Å²) in [6, 6.07) is 0. The van der Waals surface area contributed by atoms with Crippen LogP contribution in [0.15, 0.2) is 0 Å². The highest BCUT2D eigenvalue weighted by Crippen LogP contribution is 2.38. The molecule has 0 spiro atoms. The predicted molar refractivity (Wildman–Crippen MR) is 43.9 cm³/mol. The summed E-state index contributed by atoms with van der Waals surface area (Å²) in [6.45, 7) is 0. The lowest BCUT2D eigenvalue weighted by molar-refractivity contribution is 0.749. The van der Waals surface area contributed by atoms with Crippen molar-refractivity contribution in [1.29, 1.82) is 0 Å². The summed E-state index contributed by atoms with van der Waals surface area (Å²) in [5.74, 6) is 1.01. The lowest BCUT2D eigenvalue weighted by atomic mass is 10.2. The van der Waals surface area contributed by atoms with E-state index < -0.39 is 0 Å². The third kappa shape index (κ3) is 2.06. The standard InChI is InChI=1S/C6H10Br2/c7-4-3-6(8)5-1-2-5/h5-6H,1-4H2/t6-/m0/s1. The van der Waals surface area contributed by atoms with Gasteiger partial charge in [-0.3, -0.25) is 0 Å². The molecule has 1 aliphatic carbocycles. The van der Waals surface area contributed by atoms with Gasteiger partial charge in [0.05, 0.1) is 0 Å². The zero-order valence-electron chi connectivity index (χ0n) is 4.74. The first kappa shape index (κ1) is 7.07. The fraction of sp³-hybridized carbons (Fsp3) is 1.00. The van der Waals surface area contributed by atoms with E-state index in [1.165, 1.54) is 19.3 Å². The van der Waals surface area contributed by atoms with Gasteiger partial charge in [-0.15, -0.1) is 0 Å². The van der Waals surface area contributed by atoms with Crippen LogP contribution in [0.5, 0.6) is 0 Å². The van der Waals surface area contributed by atoms with Gasteiger partial charge in [-0.2, -0.15) is 0 Å². The van der Waals surface area contributed by atoms with Crippen LogP contribution in [0.25, 0.3) is 0 Å². The second kappa shape index (κ2) is 3.21. The lowest BCUT2D eigenvalue weighted by Gasteiger charge is -2.02. The maximum Gasteiger partial charge on any atom is 0.0182 e. The monoisotopic (exact) mass is 240 g/mol. The van der Waals surface area contributed by atoms with E-state index in [0.29, 0.717) is 0 Å². The molecule has 0 amide bonds. The maximum atomic E-state index is 3.63. The van der Waals surface area contributed by atoms with Crippen molar-refractivity contribution in [3.8, 4) is 0 Å². The SMILES string of the molecule is BrCC[C@H](Br)C1CC1. The minimum absolute atomic E-state index is 0.793. The van der Waals surface area contributed by atoms with Gasteiger partial charge in [0.25, 0.3) is 0 Å². The van der Waals surface area contributed by atoms with Gasteiger partial charge in [-0.1, -0.05) is 31.9 Å². The van der Waals surface area contributed by atoms with Crippen LogP contribution < -0.4 is 0 Å². The van der Waals surface area contributed by atoms with Gasteiger partial charge >= 0.3 is 0 Å². The van der Waals surface area contributed by atoms with Crippen molar-refractivity contribution in [1.82, 2.24) is 0 Å². The second-order valence-electron chi connectivity index (χ2n) is 2.33. The third-order valence-electron chi connectivity index (χ3n) is 1.52. The number of halogens is 2. The Morgan fingerprint density at radius 3 is 2.50 bits per heavy atom. The lowest BCUT2D eigenvalue weighted by Crippen LogP contribution is -1.99. The van der Waals surface area contributed by atoms with Crippen LogP contribution >= 0.6 is 31.9 Å². The Hall–Kier alpha value is 0.960. The zero-order valence-corrected chi connectivity index (χ0v) is 7.91. The van der Waals surface area contributed by atoms with Crippen LogP contribution in [0.1, 0.15) is 19.3 Å². The van der Waals surface area contributed by atoms with E-state index in [2.05, 4.69) is 31.9 Å². The minimum atomic E-state index is 0.793. The zero-order chi connectivity index (χ0) is 5.98. The fourth-order valence-corrected chi connectivity index (χ4v) is 2.66. The molecule has 1 rings (SSSR count). The van der Waals surface area contributed by atoms with Crippen molar-refractivity contribution >= 4 is 31.9 Å². The van der Waals surface area contributed by atoms with Crippen LogP contribution in [0.3, 0.4) is 0 Å². The molecule has 0 saturated heterocycles. The largest absolute Gasteiger partial charge is 0.0928 e. The Kier molecular flexibility index (Phi) is 2.84. The van der Waals surface area contributed by atoms with Crippen LogP contribution in [0.4, 0.5) is 0 Å². The number of hydrogen-bond acceptors (Lipinski definition) is 0. The third-order valence-corrected chi connectivity index (χ3v) is 3.18. The summed E-state index contributed by atoms with van der Waals surface area (Å²) in [5.41, 5.74) is 0. The summed E-state index contributed by atoms with van der Waals surface area (Å²) < 4.78 is 0. The molecule has 0 bridgehead atoms. The van der Waals surface area contributed by atoms with Gasteiger partial charge in [0.15, 0.2) is 0 Å². The van der Waals surface area contributed by atoms with E-state index >= 15 is 0 Å². The summed E-state index contributed by atoms with van der Waals surface area (Å²) in [6.07, 6.45) is 4.18. The van der Waals surface area contributed by atoms with Crippen molar-refractivity contribution < 1.29 is 0 Å². The van der Waals surface area contributed by atoms with Crippen LogP contribution in [-0.2, 0) is 0 Å². The van der Waals surface area contributed by atoms with Crippen LogP contribution in [-0.4, -0.2) is 10.2 Å². The Labute approximate surface area is 67.3 Å². The Morgan fingerprint density at radius 1 is 1.50 bits per heavy atom. The van der Waals surface area contributed by atoms with Crippen molar-refractivity contribution in [3.63, 3.8) is 0 Å². The van der Waals surface area contributed by atoms with E-state index in [0.717, 1.165) is 16.1 Å². The normalized spacial score (nSPS) is 23.2. The molecule has 1 fully saturated rings. The molecule has 0 nitrogen and oxygen atoms in total. The van der Waals surface area contributed by atoms with Gasteiger partial charge in [0.1, 0.15) is 0 Å². The molecule has 8 heavy (non-hydrogen) atoms. The summed E-state index contributed by atoms with van der Waals surface area (Å²) in [4.78, 5) is 0.793. The molecule has 1 saturated carbocycles. The molecule has 0 aliphatic heterocycles. The number of rotatable bonds is 3. The maximum absolute atomic E-state index is 3.63. The van der Waals surface area contributed by atoms with Gasteiger partial charge < -0.3 is 0 Å². The average Bonchev–Trinajstić information content (AvgIpc) is 2.45. The van der Waals surface area contributed by atoms with Gasteiger partial charge in [-0.05, 0) is 25.2 Å². The summed E-state index contributed by atoms with van der Waals surface area (Å²) in [7, 11) is 0. The van der Waals surface area contributed by atoms with Gasteiger partial charge in [0, 0.05) is 10.2 Å². The molecular formula is C6H10Br2. The first-order chi connectivity index (χ1) is 3.84. The molecule has 2 heteroatoms. The molecule has 0 heterocycles. The molecule has 0 aromatic rings. The van der Waals surface area contributed by atoms with Crippen molar-refractivity contribution in [2.45, 2.75) is 24.1 Å².